The summed E-state index contributed by atoms with van der Waals surface area (Å²) in [5, 5.41) is 7.82. The van der Waals surface area contributed by atoms with Crippen molar-refractivity contribution in [1.82, 2.24) is 25.5 Å². The molecule has 1 atom stereocenters. The van der Waals surface area contributed by atoms with E-state index in [1.807, 2.05) is 0 Å². The first-order valence-corrected chi connectivity index (χ1v) is 6.63. The molecule has 0 bridgehead atoms. The van der Waals surface area contributed by atoms with E-state index in [-0.39, 0.29) is 11.5 Å². The van der Waals surface area contributed by atoms with Crippen LogP contribution >= 0.6 is 0 Å². The maximum Gasteiger partial charge on any atom is 0.453 e. The number of nitrogens with one attached hydrogen (secondary N) is 2. The lowest BCUT2D eigenvalue weighted by Crippen LogP contribution is -2.30. The highest BCUT2D eigenvalue weighted by Crippen LogP contribution is 2.26. The van der Waals surface area contributed by atoms with Crippen molar-refractivity contribution in [2.75, 3.05) is 19.0 Å². The first-order chi connectivity index (χ1) is 10.7. The van der Waals surface area contributed by atoms with Crippen molar-refractivity contribution in [1.29, 1.82) is 0 Å². The van der Waals surface area contributed by atoms with Crippen LogP contribution in [0.4, 0.5) is 18.9 Å². The van der Waals surface area contributed by atoms with E-state index in [4.69, 9.17) is 0 Å². The third kappa shape index (κ3) is 3.76. The van der Waals surface area contributed by atoms with E-state index >= 15 is 0 Å². The van der Waals surface area contributed by atoms with Crippen LogP contribution in [0.15, 0.2) is 18.3 Å². The topological polar surface area (TPSA) is 86.8 Å². The molecule has 2 heterocycles. The van der Waals surface area contributed by atoms with Crippen molar-refractivity contribution in [3.8, 4) is 0 Å². The Bertz CT molecular complexity index is 697. The van der Waals surface area contributed by atoms with E-state index in [9.17, 15) is 18.0 Å². The molecular weight excluding hydrogens is 313 g/mol. The van der Waals surface area contributed by atoms with Gasteiger partial charge < -0.3 is 10.2 Å². The fraction of sp³-hybridized carbons (Fsp3) is 0.385. The highest BCUT2D eigenvalue weighted by molar-refractivity contribution is 5.97. The largest absolute Gasteiger partial charge is 0.453 e. The van der Waals surface area contributed by atoms with Crippen LogP contribution in [-0.4, -0.2) is 40.2 Å². The number of aromatic amines is 1. The zero-order valence-corrected chi connectivity index (χ0v) is 12.6. The normalized spacial score (nSPS) is 12.8. The Labute approximate surface area is 129 Å². The van der Waals surface area contributed by atoms with Gasteiger partial charge in [0.25, 0.3) is 11.7 Å². The third-order valence-electron chi connectivity index (χ3n) is 3.00. The minimum Gasteiger partial charge on any atom is -0.376 e. The highest BCUT2D eigenvalue weighted by atomic mass is 19.4. The smallest absolute Gasteiger partial charge is 0.376 e. The fourth-order valence-electron chi connectivity index (χ4n) is 1.86. The number of anilines is 1. The highest BCUT2D eigenvalue weighted by Gasteiger charge is 2.36. The number of rotatable bonds is 4. The van der Waals surface area contributed by atoms with Gasteiger partial charge in [-0.2, -0.15) is 13.2 Å². The quantitative estimate of drug-likeness (QED) is 0.893. The lowest BCUT2D eigenvalue weighted by Gasteiger charge is -2.17. The summed E-state index contributed by atoms with van der Waals surface area (Å²) in [7, 11) is 3.51. The van der Waals surface area contributed by atoms with Crippen molar-refractivity contribution in [2.24, 2.45) is 0 Å². The molecule has 0 aliphatic heterocycles. The van der Waals surface area contributed by atoms with Crippen molar-refractivity contribution in [3.05, 3.63) is 35.7 Å². The molecule has 0 spiro atoms. The molecule has 2 N–H and O–H groups in total. The van der Waals surface area contributed by atoms with Gasteiger partial charge >= 0.3 is 6.18 Å². The summed E-state index contributed by atoms with van der Waals surface area (Å²) in [6.45, 7) is 1.50. The maximum atomic E-state index is 12.5. The lowest BCUT2D eigenvalue weighted by molar-refractivity contribution is -0.144. The van der Waals surface area contributed by atoms with Gasteiger partial charge in [0.05, 0.1) is 11.7 Å². The minimum absolute atomic E-state index is 0.0898. The number of hydrogen-bond acceptors (Lipinski definition) is 5. The van der Waals surface area contributed by atoms with Crippen LogP contribution in [0.25, 0.3) is 0 Å². The minimum atomic E-state index is -4.64. The number of amides is 1. The Balaban J connectivity index is 2.16. The molecule has 0 saturated carbocycles. The molecule has 1 amide bonds. The predicted molar refractivity (Wildman–Crippen MR) is 75.8 cm³/mol. The number of pyridine rings is 1. The van der Waals surface area contributed by atoms with Crippen LogP contribution in [0.2, 0.25) is 0 Å². The van der Waals surface area contributed by atoms with Gasteiger partial charge in [0, 0.05) is 20.3 Å². The molecule has 0 radical (unpaired) electrons. The van der Waals surface area contributed by atoms with E-state index in [0.717, 1.165) is 0 Å². The predicted octanol–water partition coefficient (Wildman–Crippen LogP) is 1.78. The lowest BCUT2D eigenvalue weighted by atomic mass is 10.2. The Hall–Kier alpha value is -2.65. The van der Waals surface area contributed by atoms with Crippen molar-refractivity contribution in [2.45, 2.75) is 19.1 Å². The van der Waals surface area contributed by atoms with Crippen LogP contribution < -0.4 is 10.2 Å². The van der Waals surface area contributed by atoms with Gasteiger partial charge in [0.15, 0.2) is 5.69 Å². The second-order valence-corrected chi connectivity index (χ2v) is 5.00. The molecule has 124 valence electrons. The number of hydrogen-bond donors (Lipinski definition) is 2. The van der Waals surface area contributed by atoms with Crippen molar-refractivity contribution >= 4 is 11.6 Å². The molecule has 23 heavy (non-hydrogen) atoms. The molecular formula is C13H15F3N6O. The molecule has 0 fully saturated rings. The molecule has 2 aromatic rings. The van der Waals surface area contributed by atoms with Gasteiger partial charge in [-0.1, -0.05) is 0 Å². The van der Waals surface area contributed by atoms with Gasteiger partial charge in [0.2, 0.25) is 0 Å². The Morgan fingerprint density at radius 1 is 1.39 bits per heavy atom. The van der Waals surface area contributed by atoms with Crippen LogP contribution in [0, 0.1) is 0 Å². The first kappa shape index (κ1) is 16.7. The van der Waals surface area contributed by atoms with Crippen LogP contribution in [0.3, 0.4) is 0 Å². The number of carbonyl (C=O) groups excluding carboxylic acids is 1. The van der Waals surface area contributed by atoms with E-state index in [1.54, 1.807) is 31.1 Å². The summed E-state index contributed by atoms with van der Waals surface area (Å²) in [4.78, 5) is 21.3. The Kier molecular flexibility index (Phi) is 4.52. The van der Waals surface area contributed by atoms with Crippen LogP contribution in [-0.2, 0) is 6.18 Å². The Morgan fingerprint density at radius 3 is 2.65 bits per heavy atom. The number of carbonyl (C=O) groups is 1. The van der Waals surface area contributed by atoms with Crippen LogP contribution in [0.5, 0.6) is 0 Å². The molecule has 1 unspecified atom stereocenters. The molecule has 10 heteroatoms. The molecule has 0 saturated heterocycles. The fourth-order valence-corrected chi connectivity index (χ4v) is 1.86. The average molecular weight is 328 g/mol. The average Bonchev–Trinajstić information content (AvgIpc) is 2.97. The molecule has 0 aliphatic carbocycles. The zero-order chi connectivity index (χ0) is 17.2. The SMILES string of the molecule is CC(NC(=O)c1ncccc1N(C)C)c1nc(C(F)(F)F)n[nH]1. The van der Waals surface area contributed by atoms with E-state index < -0.39 is 23.9 Å². The summed E-state index contributed by atoms with van der Waals surface area (Å²) in [6.07, 6.45) is -3.18. The summed E-state index contributed by atoms with van der Waals surface area (Å²) >= 11 is 0. The number of nitrogens with zero attached hydrogens (tertiary/aromatic N) is 4. The number of alkyl halides is 3. The van der Waals surface area contributed by atoms with Crippen molar-refractivity contribution < 1.29 is 18.0 Å². The first-order valence-electron chi connectivity index (χ1n) is 6.63. The van der Waals surface area contributed by atoms with Gasteiger partial charge in [-0.3, -0.25) is 9.89 Å². The third-order valence-corrected chi connectivity index (χ3v) is 3.00. The van der Waals surface area contributed by atoms with Gasteiger partial charge in [-0.05, 0) is 19.1 Å². The summed E-state index contributed by atoms with van der Waals surface area (Å²) in [5.41, 5.74) is 0.755. The van der Waals surface area contributed by atoms with E-state index in [0.29, 0.717) is 5.69 Å². The Morgan fingerprint density at radius 2 is 2.09 bits per heavy atom. The molecule has 7 nitrogen and oxygen atoms in total. The van der Waals surface area contributed by atoms with Gasteiger partial charge in [0.1, 0.15) is 5.82 Å². The van der Waals surface area contributed by atoms with Crippen LogP contribution in [0.1, 0.15) is 35.1 Å². The summed E-state index contributed by atoms with van der Waals surface area (Å²) in [5.74, 6) is -1.89. The molecule has 2 rings (SSSR count). The number of halogens is 3. The molecule has 0 aliphatic rings. The maximum absolute atomic E-state index is 12.5. The standard InChI is InChI=1S/C13H15F3N6O/c1-7(10-19-12(21-20-10)13(14,15)16)18-11(23)9-8(22(2)3)5-4-6-17-9/h4-7H,1-3H3,(H,18,23)(H,19,20,21). The van der Waals surface area contributed by atoms with Gasteiger partial charge in [-0.15, -0.1) is 5.10 Å². The second kappa shape index (κ2) is 6.23. The summed E-state index contributed by atoms with van der Waals surface area (Å²) < 4.78 is 37.5. The number of aromatic nitrogens is 4. The molecule has 2 aromatic heterocycles. The van der Waals surface area contributed by atoms with Gasteiger partial charge in [-0.25, -0.2) is 9.97 Å². The zero-order valence-electron chi connectivity index (χ0n) is 12.6. The summed E-state index contributed by atoms with van der Waals surface area (Å²) in [6, 6.07) is 2.60. The number of H-pyrrole nitrogens is 1. The second-order valence-electron chi connectivity index (χ2n) is 5.00. The van der Waals surface area contributed by atoms with E-state index in [1.165, 1.54) is 13.1 Å². The molecule has 0 aromatic carbocycles. The van der Waals surface area contributed by atoms with E-state index in [2.05, 4.69) is 25.5 Å². The van der Waals surface area contributed by atoms with Crippen molar-refractivity contribution in [3.63, 3.8) is 0 Å². The monoisotopic (exact) mass is 328 g/mol.